The molecule has 0 radical (unpaired) electrons. The van der Waals surface area contributed by atoms with Gasteiger partial charge in [0.1, 0.15) is 5.75 Å². The molecule has 0 spiro atoms. The smallest absolute Gasteiger partial charge is 0.164 e. The van der Waals surface area contributed by atoms with Crippen LogP contribution >= 0.6 is 11.6 Å². The second-order valence-corrected chi connectivity index (χ2v) is 3.04. The standard InChI is InChI=1S/C9H10ClNO2/c10-7-5-6(1-2-9(7)13)8(12)3-4-11/h1-2,5,13H,3-4,11H2. The third-order valence-corrected chi connectivity index (χ3v) is 1.94. The van der Waals surface area contributed by atoms with Crippen LogP contribution in [0.25, 0.3) is 0 Å². The third kappa shape index (κ3) is 2.44. The van der Waals surface area contributed by atoms with E-state index in [2.05, 4.69) is 0 Å². The van der Waals surface area contributed by atoms with Crippen molar-refractivity contribution in [2.24, 2.45) is 5.73 Å². The topological polar surface area (TPSA) is 63.3 Å². The first-order valence-corrected chi connectivity index (χ1v) is 4.24. The van der Waals surface area contributed by atoms with Gasteiger partial charge in [-0.15, -0.1) is 0 Å². The fourth-order valence-corrected chi connectivity index (χ4v) is 1.14. The zero-order valence-corrected chi connectivity index (χ0v) is 7.71. The number of hydrogen-bond donors (Lipinski definition) is 2. The molecule has 70 valence electrons. The fraction of sp³-hybridized carbons (Fsp3) is 0.222. The van der Waals surface area contributed by atoms with Crippen LogP contribution < -0.4 is 5.73 Å². The minimum absolute atomic E-state index is 0.0223. The van der Waals surface area contributed by atoms with E-state index in [1.54, 1.807) is 0 Å². The van der Waals surface area contributed by atoms with Crippen LogP contribution in [0.3, 0.4) is 0 Å². The highest BCUT2D eigenvalue weighted by molar-refractivity contribution is 6.32. The van der Waals surface area contributed by atoms with Crippen molar-refractivity contribution in [3.05, 3.63) is 28.8 Å². The average molecular weight is 200 g/mol. The summed E-state index contributed by atoms with van der Waals surface area (Å²) in [6, 6.07) is 4.36. The third-order valence-electron chi connectivity index (χ3n) is 1.64. The molecule has 1 aromatic carbocycles. The molecule has 1 rings (SSSR count). The lowest BCUT2D eigenvalue weighted by Gasteiger charge is -2.00. The summed E-state index contributed by atoms with van der Waals surface area (Å²) in [6.45, 7) is 0.317. The highest BCUT2D eigenvalue weighted by Crippen LogP contribution is 2.23. The number of aromatic hydroxyl groups is 1. The van der Waals surface area contributed by atoms with Gasteiger partial charge in [0, 0.05) is 12.0 Å². The highest BCUT2D eigenvalue weighted by atomic mass is 35.5. The van der Waals surface area contributed by atoms with Crippen LogP contribution in [0, 0.1) is 0 Å². The maximum absolute atomic E-state index is 11.3. The molecule has 0 unspecified atom stereocenters. The molecule has 0 bridgehead atoms. The molecule has 0 saturated heterocycles. The quantitative estimate of drug-likeness (QED) is 0.727. The molecule has 1 aromatic rings. The van der Waals surface area contributed by atoms with Gasteiger partial charge in [0.05, 0.1) is 5.02 Å². The highest BCUT2D eigenvalue weighted by Gasteiger charge is 2.06. The largest absolute Gasteiger partial charge is 0.506 e. The number of phenolic OH excluding ortho intramolecular Hbond substituents is 1. The summed E-state index contributed by atoms with van der Waals surface area (Å²) in [4.78, 5) is 11.3. The zero-order valence-electron chi connectivity index (χ0n) is 6.96. The molecule has 0 saturated carbocycles. The van der Waals surface area contributed by atoms with Crippen LogP contribution in [0.4, 0.5) is 0 Å². The lowest BCUT2D eigenvalue weighted by molar-refractivity contribution is 0.0985. The summed E-state index contributed by atoms with van der Waals surface area (Å²) in [7, 11) is 0. The first-order valence-electron chi connectivity index (χ1n) is 3.87. The van der Waals surface area contributed by atoms with Crippen molar-refractivity contribution in [3.8, 4) is 5.75 Å². The molecule has 13 heavy (non-hydrogen) atoms. The van der Waals surface area contributed by atoms with Crippen LogP contribution in [0.5, 0.6) is 5.75 Å². The number of Topliss-reactive ketones (excluding diaryl/α,β-unsaturated/α-hetero) is 1. The van der Waals surface area contributed by atoms with Crippen molar-refractivity contribution in [1.29, 1.82) is 0 Å². The lowest BCUT2D eigenvalue weighted by atomic mass is 10.1. The van der Waals surface area contributed by atoms with Gasteiger partial charge >= 0.3 is 0 Å². The molecular weight excluding hydrogens is 190 g/mol. The molecule has 3 nitrogen and oxygen atoms in total. The van der Waals surface area contributed by atoms with Gasteiger partial charge in [0.2, 0.25) is 0 Å². The van der Waals surface area contributed by atoms with Gasteiger partial charge in [-0.25, -0.2) is 0 Å². The summed E-state index contributed by atoms with van der Waals surface area (Å²) < 4.78 is 0. The van der Waals surface area contributed by atoms with E-state index in [9.17, 15) is 4.79 Å². The molecule has 0 aromatic heterocycles. The average Bonchev–Trinajstić information content (AvgIpc) is 2.10. The Morgan fingerprint density at radius 2 is 2.23 bits per heavy atom. The Morgan fingerprint density at radius 1 is 1.54 bits per heavy atom. The normalized spacial score (nSPS) is 10.0. The number of phenols is 1. The van der Waals surface area contributed by atoms with Crippen molar-refractivity contribution in [1.82, 2.24) is 0 Å². The minimum Gasteiger partial charge on any atom is -0.506 e. The molecule has 0 fully saturated rings. The Hall–Kier alpha value is -1.06. The van der Waals surface area contributed by atoms with Crippen molar-refractivity contribution in [2.75, 3.05) is 6.54 Å². The Labute approximate surface area is 81.1 Å². The fourth-order valence-electron chi connectivity index (χ4n) is 0.956. The number of nitrogens with two attached hydrogens (primary N) is 1. The number of ketones is 1. The number of halogens is 1. The Balaban J connectivity index is 2.90. The molecule has 0 amide bonds. The van der Waals surface area contributed by atoms with Crippen molar-refractivity contribution >= 4 is 17.4 Å². The molecular formula is C9H10ClNO2. The molecule has 0 atom stereocenters. The van der Waals surface area contributed by atoms with E-state index in [4.69, 9.17) is 22.4 Å². The molecule has 0 aliphatic heterocycles. The van der Waals surface area contributed by atoms with Gasteiger partial charge in [-0.1, -0.05) is 11.6 Å². The number of benzene rings is 1. The van der Waals surface area contributed by atoms with Crippen LogP contribution in [0.15, 0.2) is 18.2 Å². The number of carbonyl (C=O) groups is 1. The maximum atomic E-state index is 11.3. The van der Waals surface area contributed by atoms with Gasteiger partial charge in [-0.2, -0.15) is 0 Å². The van der Waals surface area contributed by atoms with E-state index < -0.39 is 0 Å². The van der Waals surface area contributed by atoms with Gasteiger partial charge in [-0.3, -0.25) is 4.79 Å². The first-order chi connectivity index (χ1) is 6.15. The number of rotatable bonds is 3. The Kier molecular flexibility index (Phi) is 3.28. The molecule has 0 aliphatic carbocycles. The van der Waals surface area contributed by atoms with Crippen LogP contribution in [-0.2, 0) is 0 Å². The Morgan fingerprint density at radius 3 is 2.77 bits per heavy atom. The van der Waals surface area contributed by atoms with Crippen molar-refractivity contribution in [2.45, 2.75) is 6.42 Å². The second-order valence-electron chi connectivity index (χ2n) is 2.63. The predicted molar refractivity (Wildman–Crippen MR) is 51.1 cm³/mol. The number of hydrogen-bond acceptors (Lipinski definition) is 3. The summed E-state index contributed by atoms with van der Waals surface area (Å²) in [5.41, 5.74) is 5.71. The van der Waals surface area contributed by atoms with E-state index in [0.717, 1.165) is 0 Å². The first kappa shape index (κ1) is 10.0. The minimum atomic E-state index is -0.0654. The van der Waals surface area contributed by atoms with Gasteiger partial charge in [0.15, 0.2) is 5.78 Å². The van der Waals surface area contributed by atoms with E-state index in [1.165, 1.54) is 18.2 Å². The molecule has 3 N–H and O–H groups in total. The second kappa shape index (κ2) is 4.25. The van der Waals surface area contributed by atoms with Gasteiger partial charge in [0.25, 0.3) is 0 Å². The lowest BCUT2D eigenvalue weighted by Crippen LogP contribution is -2.07. The van der Waals surface area contributed by atoms with E-state index >= 15 is 0 Å². The molecule has 4 heteroatoms. The van der Waals surface area contributed by atoms with E-state index in [-0.39, 0.29) is 16.6 Å². The van der Waals surface area contributed by atoms with Crippen LogP contribution in [0.1, 0.15) is 16.8 Å². The van der Waals surface area contributed by atoms with Crippen molar-refractivity contribution in [3.63, 3.8) is 0 Å². The monoisotopic (exact) mass is 199 g/mol. The zero-order chi connectivity index (χ0) is 9.84. The van der Waals surface area contributed by atoms with E-state index in [1.807, 2.05) is 0 Å². The van der Waals surface area contributed by atoms with Gasteiger partial charge < -0.3 is 10.8 Å². The summed E-state index contributed by atoms with van der Waals surface area (Å²) in [5, 5.41) is 9.27. The van der Waals surface area contributed by atoms with Crippen LogP contribution in [0.2, 0.25) is 5.02 Å². The van der Waals surface area contributed by atoms with Crippen molar-refractivity contribution < 1.29 is 9.90 Å². The summed E-state index contributed by atoms with van der Waals surface area (Å²) in [6.07, 6.45) is 0.293. The maximum Gasteiger partial charge on any atom is 0.164 e. The van der Waals surface area contributed by atoms with Gasteiger partial charge in [-0.05, 0) is 24.7 Å². The molecule has 0 aliphatic rings. The SMILES string of the molecule is NCCC(=O)c1ccc(O)c(Cl)c1. The Bertz CT molecular complexity index is 325. The predicted octanol–water partition coefficient (Wildman–Crippen LogP) is 1.58. The summed E-state index contributed by atoms with van der Waals surface area (Å²) in [5.74, 6) is -0.0876. The van der Waals surface area contributed by atoms with E-state index in [0.29, 0.717) is 18.5 Å². The number of carbonyl (C=O) groups excluding carboxylic acids is 1. The molecule has 0 heterocycles. The van der Waals surface area contributed by atoms with Crippen LogP contribution in [-0.4, -0.2) is 17.4 Å². The summed E-state index contributed by atoms with van der Waals surface area (Å²) >= 11 is 5.62.